The van der Waals surface area contributed by atoms with Crippen molar-refractivity contribution in [1.29, 1.82) is 0 Å². The summed E-state index contributed by atoms with van der Waals surface area (Å²) in [7, 11) is -5.26. The van der Waals surface area contributed by atoms with Crippen LogP contribution < -0.4 is 0 Å². The number of alkyl halides is 4. The standard InChI is InChI=1S/C2HCl4FO3S/c3-1(4)2(5,6)10-11(7,8)9/h1H. The first-order chi connectivity index (χ1) is 4.65. The number of hydrogen-bond donors (Lipinski definition) is 0. The summed E-state index contributed by atoms with van der Waals surface area (Å²) < 4.78 is 32.2. The molecule has 0 aliphatic heterocycles. The quantitative estimate of drug-likeness (QED) is 0.580. The van der Waals surface area contributed by atoms with E-state index in [1.807, 2.05) is 0 Å². The second-order valence-corrected chi connectivity index (χ2v) is 4.70. The van der Waals surface area contributed by atoms with Gasteiger partial charge in [0, 0.05) is 0 Å². The van der Waals surface area contributed by atoms with Crippen LogP contribution in [0.4, 0.5) is 3.89 Å². The first-order valence-corrected chi connectivity index (χ1v) is 4.90. The minimum atomic E-state index is -5.26. The van der Waals surface area contributed by atoms with Crippen LogP contribution in [0.3, 0.4) is 0 Å². The maximum atomic E-state index is 11.7. The molecule has 0 aromatic heterocycles. The van der Waals surface area contributed by atoms with Crippen LogP contribution in [0, 0.1) is 0 Å². The predicted octanol–water partition coefficient (Wildman–Crippen LogP) is 2.15. The van der Waals surface area contributed by atoms with Crippen molar-refractivity contribution in [3.8, 4) is 0 Å². The van der Waals surface area contributed by atoms with Crippen LogP contribution >= 0.6 is 46.4 Å². The summed E-state index contributed by atoms with van der Waals surface area (Å²) in [6, 6.07) is 0. The molecule has 0 radical (unpaired) electrons. The Morgan fingerprint density at radius 2 is 1.73 bits per heavy atom. The average molecular weight is 266 g/mol. The molecule has 0 spiro atoms. The summed E-state index contributed by atoms with van der Waals surface area (Å²) in [5.41, 5.74) is 0. The zero-order valence-electron chi connectivity index (χ0n) is 4.60. The van der Waals surface area contributed by atoms with Gasteiger partial charge < -0.3 is 0 Å². The van der Waals surface area contributed by atoms with Crippen LogP contribution in [0.25, 0.3) is 0 Å². The largest absolute Gasteiger partial charge is 0.440 e. The van der Waals surface area contributed by atoms with E-state index < -0.39 is 19.9 Å². The molecule has 0 amide bonds. The molecule has 0 saturated heterocycles. The normalized spacial score (nSPS) is 14.0. The van der Waals surface area contributed by atoms with Gasteiger partial charge in [0.2, 0.25) is 0 Å². The summed E-state index contributed by atoms with van der Waals surface area (Å²) in [4.78, 5) is -1.59. The highest BCUT2D eigenvalue weighted by atomic mass is 35.5. The van der Waals surface area contributed by atoms with Crippen LogP contribution in [0.1, 0.15) is 0 Å². The van der Waals surface area contributed by atoms with Crippen molar-refractivity contribution in [2.75, 3.05) is 0 Å². The fourth-order valence-electron chi connectivity index (χ4n) is 0.169. The fourth-order valence-corrected chi connectivity index (χ4v) is 1.18. The van der Waals surface area contributed by atoms with E-state index in [0.717, 1.165) is 0 Å². The highest BCUT2D eigenvalue weighted by molar-refractivity contribution is 7.81. The lowest BCUT2D eigenvalue weighted by Gasteiger charge is -2.16. The Kier molecular flexibility index (Phi) is 4.15. The molecule has 0 saturated carbocycles. The van der Waals surface area contributed by atoms with Gasteiger partial charge in [-0.15, -0.1) is 0 Å². The lowest BCUT2D eigenvalue weighted by Crippen LogP contribution is -2.27. The van der Waals surface area contributed by atoms with E-state index in [0.29, 0.717) is 0 Å². The van der Waals surface area contributed by atoms with Gasteiger partial charge in [-0.05, 0) is 0 Å². The molecule has 68 valence electrons. The first kappa shape index (κ1) is 12.0. The van der Waals surface area contributed by atoms with E-state index in [2.05, 4.69) is 4.18 Å². The molecule has 11 heavy (non-hydrogen) atoms. The fraction of sp³-hybridized carbons (Fsp3) is 1.00. The van der Waals surface area contributed by atoms with Crippen molar-refractivity contribution in [3.63, 3.8) is 0 Å². The van der Waals surface area contributed by atoms with Gasteiger partial charge in [0.25, 0.3) is 4.52 Å². The minimum absolute atomic E-state index is 1.59. The average Bonchev–Trinajstić information content (AvgIpc) is 1.56. The molecule has 0 N–H and O–H groups in total. The Balaban J connectivity index is 4.38. The second-order valence-electron chi connectivity index (χ2n) is 1.34. The molecular formula is C2HCl4FO3S. The van der Waals surface area contributed by atoms with Crippen molar-refractivity contribution >= 4 is 56.9 Å². The molecular weight excluding hydrogens is 265 g/mol. The topological polar surface area (TPSA) is 43.4 Å². The maximum Gasteiger partial charge on any atom is 0.440 e. The molecule has 3 nitrogen and oxygen atoms in total. The lowest BCUT2D eigenvalue weighted by atomic mass is 10.8. The van der Waals surface area contributed by atoms with E-state index in [1.165, 1.54) is 0 Å². The zero-order valence-corrected chi connectivity index (χ0v) is 8.44. The van der Waals surface area contributed by atoms with Gasteiger partial charge in [-0.1, -0.05) is 50.3 Å². The van der Waals surface area contributed by atoms with Gasteiger partial charge in [0.1, 0.15) is 0 Å². The highest BCUT2D eigenvalue weighted by Crippen LogP contribution is 2.34. The molecule has 0 heterocycles. The molecule has 0 unspecified atom stereocenters. The number of rotatable bonds is 3. The van der Waals surface area contributed by atoms with E-state index in [-0.39, 0.29) is 0 Å². The van der Waals surface area contributed by atoms with Gasteiger partial charge in [0.05, 0.1) is 0 Å². The zero-order chi connectivity index (χ0) is 9.28. The molecule has 0 rings (SSSR count). The lowest BCUT2D eigenvalue weighted by molar-refractivity contribution is 0.243. The van der Waals surface area contributed by atoms with E-state index in [1.54, 1.807) is 0 Å². The van der Waals surface area contributed by atoms with Crippen molar-refractivity contribution in [2.45, 2.75) is 9.36 Å². The van der Waals surface area contributed by atoms with Crippen LogP contribution in [0.2, 0.25) is 0 Å². The van der Waals surface area contributed by atoms with Crippen molar-refractivity contribution < 1.29 is 16.5 Å². The maximum absolute atomic E-state index is 11.7. The van der Waals surface area contributed by atoms with Gasteiger partial charge >= 0.3 is 10.5 Å². The van der Waals surface area contributed by atoms with Crippen LogP contribution in [-0.4, -0.2) is 17.8 Å². The Morgan fingerprint density at radius 1 is 1.36 bits per heavy atom. The third-order valence-corrected chi connectivity index (χ3v) is 2.76. The van der Waals surface area contributed by atoms with Crippen LogP contribution in [0.15, 0.2) is 0 Å². The SMILES string of the molecule is O=S(=O)(F)OC(Cl)(Cl)C(Cl)Cl. The smallest absolute Gasteiger partial charge is 0.202 e. The third-order valence-electron chi connectivity index (χ3n) is 0.465. The van der Waals surface area contributed by atoms with Gasteiger partial charge in [-0.3, -0.25) is 0 Å². The molecule has 0 fully saturated rings. The highest BCUT2D eigenvalue weighted by Gasteiger charge is 2.39. The Labute approximate surface area is 82.7 Å². The second kappa shape index (κ2) is 3.81. The molecule has 0 aliphatic rings. The third kappa shape index (κ3) is 5.27. The summed E-state index contributed by atoms with van der Waals surface area (Å²) >= 11 is 20.1. The van der Waals surface area contributed by atoms with Crippen LogP contribution in [-0.2, 0) is 14.7 Å². The molecule has 0 aromatic carbocycles. The Hall–Kier alpha value is 1.00. The monoisotopic (exact) mass is 264 g/mol. The van der Waals surface area contributed by atoms with Gasteiger partial charge in [-0.2, -0.15) is 8.42 Å². The Bertz CT molecular complexity index is 223. The van der Waals surface area contributed by atoms with Gasteiger partial charge in [0.15, 0.2) is 4.84 Å². The molecule has 0 atom stereocenters. The van der Waals surface area contributed by atoms with E-state index >= 15 is 0 Å². The van der Waals surface area contributed by atoms with E-state index in [4.69, 9.17) is 46.4 Å². The van der Waals surface area contributed by atoms with Gasteiger partial charge in [-0.25, -0.2) is 4.18 Å². The van der Waals surface area contributed by atoms with Crippen molar-refractivity contribution in [3.05, 3.63) is 0 Å². The minimum Gasteiger partial charge on any atom is -0.202 e. The van der Waals surface area contributed by atoms with Crippen molar-refractivity contribution in [1.82, 2.24) is 0 Å². The summed E-state index contributed by atoms with van der Waals surface area (Å²) in [5.74, 6) is 0. The first-order valence-electron chi connectivity index (χ1n) is 1.96. The molecule has 0 aliphatic carbocycles. The number of halogens is 5. The van der Waals surface area contributed by atoms with E-state index in [9.17, 15) is 12.3 Å². The summed E-state index contributed by atoms with van der Waals surface area (Å²) in [5, 5.41) is 0. The molecule has 9 heteroatoms. The number of hydrogen-bond acceptors (Lipinski definition) is 3. The summed E-state index contributed by atoms with van der Waals surface area (Å²) in [6.07, 6.45) is 0. The van der Waals surface area contributed by atoms with Crippen LogP contribution in [0.5, 0.6) is 0 Å². The predicted molar refractivity (Wildman–Crippen MR) is 41.0 cm³/mol. The van der Waals surface area contributed by atoms with Crippen molar-refractivity contribution in [2.24, 2.45) is 0 Å². The molecule has 0 bridgehead atoms. The Morgan fingerprint density at radius 3 is 1.82 bits per heavy atom. The molecule has 0 aromatic rings. The summed E-state index contributed by atoms with van der Waals surface area (Å²) in [6.45, 7) is 0.